The lowest BCUT2D eigenvalue weighted by molar-refractivity contribution is 0.412. The number of nitrogens with one attached hydrogen (secondary N) is 1. The summed E-state index contributed by atoms with van der Waals surface area (Å²) in [7, 11) is 1.67. The predicted molar refractivity (Wildman–Crippen MR) is 68.2 cm³/mol. The standard InChI is InChI=1S/C12H15N3OS/c1-9-3-11(16-2)4-10(15-9)5-13-6-12-7-14-8-17-12/h3-4,7-8,13H,5-6H2,1-2H3. The third-order valence-electron chi connectivity index (χ3n) is 2.30. The second-order valence-electron chi connectivity index (χ2n) is 3.71. The highest BCUT2D eigenvalue weighted by molar-refractivity contribution is 7.09. The van der Waals surface area contributed by atoms with Gasteiger partial charge in [0, 0.05) is 42.0 Å². The van der Waals surface area contributed by atoms with Crippen LogP contribution >= 0.6 is 11.3 Å². The summed E-state index contributed by atoms with van der Waals surface area (Å²) < 4.78 is 5.21. The maximum absolute atomic E-state index is 5.21. The Morgan fingerprint density at radius 3 is 2.94 bits per heavy atom. The smallest absolute Gasteiger partial charge is 0.122 e. The number of aromatic nitrogens is 2. The number of nitrogens with zero attached hydrogens (tertiary/aromatic N) is 2. The Morgan fingerprint density at radius 2 is 2.24 bits per heavy atom. The van der Waals surface area contributed by atoms with Crippen molar-refractivity contribution in [1.29, 1.82) is 0 Å². The molecule has 17 heavy (non-hydrogen) atoms. The second-order valence-corrected chi connectivity index (χ2v) is 4.68. The van der Waals surface area contributed by atoms with Gasteiger partial charge in [-0.2, -0.15) is 0 Å². The van der Waals surface area contributed by atoms with Crippen LogP contribution in [0.3, 0.4) is 0 Å². The minimum absolute atomic E-state index is 0.732. The molecule has 90 valence electrons. The Kier molecular flexibility index (Phi) is 4.06. The van der Waals surface area contributed by atoms with Crippen LogP contribution in [0, 0.1) is 6.92 Å². The second kappa shape index (κ2) is 5.75. The Balaban J connectivity index is 1.92. The monoisotopic (exact) mass is 249 g/mol. The highest BCUT2D eigenvalue weighted by atomic mass is 32.1. The molecule has 2 rings (SSSR count). The number of aryl methyl sites for hydroxylation is 1. The van der Waals surface area contributed by atoms with Crippen LogP contribution in [0.15, 0.2) is 23.8 Å². The van der Waals surface area contributed by atoms with Crippen molar-refractivity contribution >= 4 is 11.3 Å². The number of hydrogen-bond acceptors (Lipinski definition) is 5. The first-order valence-corrected chi connectivity index (χ1v) is 6.25. The van der Waals surface area contributed by atoms with E-state index in [0.29, 0.717) is 0 Å². The van der Waals surface area contributed by atoms with Crippen LogP contribution in [-0.4, -0.2) is 17.1 Å². The molecule has 0 aliphatic carbocycles. The van der Waals surface area contributed by atoms with Crippen molar-refractivity contribution in [2.24, 2.45) is 0 Å². The van der Waals surface area contributed by atoms with Crippen LogP contribution < -0.4 is 10.1 Å². The van der Waals surface area contributed by atoms with E-state index in [2.05, 4.69) is 15.3 Å². The number of hydrogen-bond donors (Lipinski definition) is 1. The highest BCUT2D eigenvalue weighted by Crippen LogP contribution is 2.13. The van der Waals surface area contributed by atoms with Gasteiger partial charge in [-0.3, -0.25) is 9.97 Å². The van der Waals surface area contributed by atoms with Crippen LogP contribution in [0.4, 0.5) is 0 Å². The maximum atomic E-state index is 5.21. The van der Waals surface area contributed by atoms with Gasteiger partial charge in [-0.25, -0.2) is 0 Å². The maximum Gasteiger partial charge on any atom is 0.122 e. The zero-order chi connectivity index (χ0) is 12.1. The molecule has 4 nitrogen and oxygen atoms in total. The van der Waals surface area contributed by atoms with E-state index in [1.165, 1.54) is 4.88 Å². The van der Waals surface area contributed by atoms with E-state index >= 15 is 0 Å². The van der Waals surface area contributed by atoms with Gasteiger partial charge in [0.25, 0.3) is 0 Å². The molecule has 5 heteroatoms. The van der Waals surface area contributed by atoms with Crippen molar-refractivity contribution in [3.63, 3.8) is 0 Å². The van der Waals surface area contributed by atoms with Crippen molar-refractivity contribution < 1.29 is 4.74 Å². The summed E-state index contributed by atoms with van der Waals surface area (Å²) in [5, 5.41) is 3.33. The van der Waals surface area contributed by atoms with E-state index in [-0.39, 0.29) is 0 Å². The van der Waals surface area contributed by atoms with E-state index in [9.17, 15) is 0 Å². The summed E-state index contributed by atoms with van der Waals surface area (Å²) >= 11 is 1.65. The zero-order valence-electron chi connectivity index (χ0n) is 9.93. The van der Waals surface area contributed by atoms with Gasteiger partial charge in [-0.05, 0) is 6.92 Å². The molecule has 2 heterocycles. The quantitative estimate of drug-likeness (QED) is 0.882. The van der Waals surface area contributed by atoms with Gasteiger partial charge < -0.3 is 10.1 Å². The fourth-order valence-corrected chi connectivity index (χ4v) is 2.12. The van der Waals surface area contributed by atoms with Crippen LogP contribution in [0.2, 0.25) is 0 Å². The third-order valence-corrected chi connectivity index (χ3v) is 3.08. The number of rotatable bonds is 5. The summed E-state index contributed by atoms with van der Waals surface area (Å²) in [6.07, 6.45) is 1.88. The van der Waals surface area contributed by atoms with Crippen LogP contribution in [0.5, 0.6) is 5.75 Å². The molecule has 0 aliphatic rings. The van der Waals surface area contributed by atoms with Crippen molar-refractivity contribution in [3.05, 3.63) is 40.1 Å². The minimum Gasteiger partial charge on any atom is -0.497 e. The van der Waals surface area contributed by atoms with Gasteiger partial charge in [-0.15, -0.1) is 11.3 Å². The lowest BCUT2D eigenvalue weighted by Crippen LogP contribution is -2.13. The Labute approximate surface area is 105 Å². The molecular formula is C12H15N3OS. The topological polar surface area (TPSA) is 47.0 Å². The molecule has 0 radical (unpaired) electrons. The fourth-order valence-electron chi connectivity index (χ4n) is 1.55. The third kappa shape index (κ3) is 3.51. The molecule has 0 bridgehead atoms. The molecule has 0 saturated heterocycles. The van der Waals surface area contributed by atoms with E-state index in [4.69, 9.17) is 4.74 Å². The van der Waals surface area contributed by atoms with Crippen LogP contribution in [-0.2, 0) is 13.1 Å². The van der Waals surface area contributed by atoms with Crippen molar-refractivity contribution in [2.75, 3.05) is 7.11 Å². The van der Waals surface area contributed by atoms with Gasteiger partial charge in [-0.1, -0.05) is 0 Å². The number of methoxy groups -OCH3 is 1. The van der Waals surface area contributed by atoms with Crippen LogP contribution in [0.25, 0.3) is 0 Å². The molecular weight excluding hydrogens is 234 g/mol. The molecule has 2 aromatic heterocycles. The SMILES string of the molecule is COc1cc(C)nc(CNCc2cncs2)c1. The van der Waals surface area contributed by atoms with Crippen molar-refractivity contribution in [3.8, 4) is 5.75 Å². The zero-order valence-corrected chi connectivity index (χ0v) is 10.8. The minimum atomic E-state index is 0.732. The molecule has 0 unspecified atom stereocenters. The van der Waals surface area contributed by atoms with Crippen molar-refractivity contribution in [2.45, 2.75) is 20.0 Å². The molecule has 0 atom stereocenters. The molecule has 0 aromatic carbocycles. The molecule has 0 aliphatic heterocycles. The van der Waals surface area contributed by atoms with Crippen molar-refractivity contribution in [1.82, 2.24) is 15.3 Å². The van der Waals surface area contributed by atoms with Gasteiger partial charge in [0.05, 0.1) is 18.3 Å². The number of thiazole rings is 1. The summed E-state index contributed by atoms with van der Waals surface area (Å²) in [6, 6.07) is 3.87. The fraction of sp³-hybridized carbons (Fsp3) is 0.333. The molecule has 0 saturated carbocycles. The van der Waals surface area contributed by atoms with E-state index in [1.807, 2.05) is 30.8 Å². The first-order valence-electron chi connectivity index (χ1n) is 5.37. The Hall–Kier alpha value is -1.46. The lowest BCUT2D eigenvalue weighted by Gasteiger charge is -2.06. The van der Waals surface area contributed by atoms with Gasteiger partial charge in [0.2, 0.25) is 0 Å². The number of pyridine rings is 1. The van der Waals surface area contributed by atoms with Crippen LogP contribution in [0.1, 0.15) is 16.3 Å². The average Bonchev–Trinajstić information content (AvgIpc) is 2.81. The summed E-state index contributed by atoms with van der Waals surface area (Å²) in [5.41, 5.74) is 3.80. The Bertz CT molecular complexity index is 471. The predicted octanol–water partition coefficient (Wildman–Crippen LogP) is 2.14. The Morgan fingerprint density at radius 1 is 1.35 bits per heavy atom. The molecule has 0 fully saturated rings. The first-order chi connectivity index (χ1) is 8.28. The average molecular weight is 249 g/mol. The lowest BCUT2D eigenvalue weighted by atomic mass is 10.3. The summed E-state index contributed by atoms with van der Waals surface area (Å²) in [5.74, 6) is 0.854. The molecule has 0 amide bonds. The van der Waals surface area contributed by atoms with E-state index in [0.717, 1.165) is 30.2 Å². The highest BCUT2D eigenvalue weighted by Gasteiger charge is 2.01. The summed E-state index contributed by atoms with van der Waals surface area (Å²) in [6.45, 7) is 3.52. The van der Waals surface area contributed by atoms with Gasteiger partial charge in [0.1, 0.15) is 5.75 Å². The van der Waals surface area contributed by atoms with E-state index in [1.54, 1.807) is 18.4 Å². The molecule has 0 spiro atoms. The number of ether oxygens (including phenoxy) is 1. The summed E-state index contributed by atoms with van der Waals surface area (Å²) in [4.78, 5) is 9.70. The van der Waals surface area contributed by atoms with E-state index < -0.39 is 0 Å². The molecule has 1 N–H and O–H groups in total. The van der Waals surface area contributed by atoms with Gasteiger partial charge >= 0.3 is 0 Å². The first kappa shape index (κ1) is 12.0. The molecule has 2 aromatic rings. The largest absolute Gasteiger partial charge is 0.497 e. The van der Waals surface area contributed by atoms with Gasteiger partial charge in [0.15, 0.2) is 0 Å². The normalized spacial score (nSPS) is 10.5.